The molecule has 0 spiro atoms. The first-order chi connectivity index (χ1) is 7.04. The van der Waals surface area contributed by atoms with Crippen LogP contribution in [0.4, 0.5) is 11.4 Å². The lowest BCUT2D eigenvalue weighted by molar-refractivity contribution is -0.113. The number of rotatable bonds is 3. The average molecular weight is 265 g/mol. The highest BCUT2D eigenvalue weighted by molar-refractivity contribution is 7.99. The van der Waals surface area contributed by atoms with Gasteiger partial charge in [0.05, 0.1) is 21.5 Å². The van der Waals surface area contributed by atoms with Crippen molar-refractivity contribution < 1.29 is 4.79 Å². The Balaban J connectivity index is 2.90. The number of nitrogens with two attached hydrogens (primary N) is 1. The maximum absolute atomic E-state index is 11.3. The number of halogens is 2. The van der Waals surface area contributed by atoms with E-state index < -0.39 is 0 Å². The Morgan fingerprint density at radius 1 is 1.47 bits per heavy atom. The third-order valence-corrected chi connectivity index (χ3v) is 2.75. The maximum Gasteiger partial charge on any atom is 0.234 e. The van der Waals surface area contributed by atoms with Gasteiger partial charge in [0.1, 0.15) is 0 Å². The maximum atomic E-state index is 11.3. The third kappa shape index (κ3) is 3.48. The van der Waals surface area contributed by atoms with Gasteiger partial charge in [0.15, 0.2) is 0 Å². The van der Waals surface area contributed by atoms with Gasteiger partial charge in [-0.3, -0.25) is 4.79 Å². The van der Waals surface area contributed by atoms with E-state index in [2.05, 4.69) is 5.32 Å². The van der Waals surface area contributed by atoms with Gasteiger partial charge in [0, 0.05) is 5.69 Å². The summed E-state index contributed by atoms with van der Waals surface area (Å²) in [5.41, 5.74) is 6.41. The normalized spacial score (nSPS) is 10.1. The van der Waals surface area contributed by atoms with E-state index in [1.165, 1.54) is 11.8 Å². The van der Waals surface area contributed by atoms with Gasteiger partial charge in [-0.2, -0.15) is 11.8 Å². The van der Waals surface area contributed by atoms with Gasteiger partial charge in [-0.25, -0.2) is 0 Å². The molecule has 0 saturated carbocycles. The van der Waals surface area contributed by atoms with Crippen LogP contribution in [0.15, 0.2) is 12.1 Å². The smallest absolute Gasteiger partial charge is 0.234 e. The predicted molar refractivity (Wildman–Crippen MR) is 67.9 cm³/mol. The van der Waals surface area contributed by atoms with Crippen LogP contribution in [-0.2, 0) is 4.79 Å². The number of thioether (sulfide) groups is 1. The number of hydrogen-bond donors (Lipinski definition) is 2. The Bertz CT molecular complexity index is 361. The topological polar surface area (TPSA) is 55.1 Å². The van der Waals surface area contributed by atoms with Gasteiger partial charge in [-0.15, -0.1) is 0 Å². The fourth-order valence-corrected chi connectivity index (χ4v) is 1.95. The van der Waals surface area contributed by atoms with Crippen LogP contribution in [0.25, 0.3) is 0 Å². The number of hydrogen-bond acceptors (Lipinski definition) is 3. The first-order valence-electron chi connectivity index (χ1n) is 4.08. The first kappa shape index (κ1) is 12.5. The standard InChI is InChI=1S/C9H10Cl2N2OS/c1-15-4-8(14)13-9-6(10)2-5(12)3-7(9)11/h2-3H,4,12H2,1H3,(H,13,14). The van der Waals surface area contributed by atoms with Crippen molar-refractivity contribution in [2.75, 3.05) is 23.1 Å². The molecule has 0 atom stereocenters. The van der Waals surface area contributed by atoms with Crippen LogP contribution in [-0.4, -0.2) is 17.9 Å². The zero-order valence-corrected chi connectivity index (χ0v) is 10.3. The van der Waals surface area contributed by atoms with Crippen LogP contribution >= 0.6 is 35.0 Å². The molecule has 82 valence electrons. The van der Waals surface area contributed by atoms with E-state index >= 15 is 0 Å². The highest BCUT2D eigenvalue weighted by atomic mass is 35.5. The molecule has 0 aliphatic rings. The molecule has 0 heterocycles. The Labute approximate surface area is 102 Å². The Morgan fingerprint density at radius 2 is 2.00 bits per heavy atom. The molecular formula is C9H10Cl2N2OS. The van der Waals surface area contributed by atoms with Crippen LogP contribution in [0.5, 0.6) is 0 Å². The molecule has 1 aromatic carbocycles. The summed E-state index contributed by atoms with van der Waals surface area (Å²) in [6.45, 7) is 0. The minimum atomic E-state index is -0.143. The molecule has 3 nitrogen and oxygen atoms in total. The van der Waals surface area contributed by atoms with Gasteiger partial charge in [0.25, 0.3) is 0 Å². The number of carbonyl (C=O) groups excluding carboxylic acids is 1. The summed E-state index contributed by atoms with van der Waals surface area (Å²) in [6, 6.07) is 3.09. The number of nitrogen functional groups attached to an aromatic ring is 1. The zero-order chi connectivity index (χ0) is 11.4. The molecule has 3 N–H and O–H groups in total. The highest BCUT2D eigenvalue weighted by Crippen LogP contribution is 2.32. The molecule has 6 heteroatoms. The van der Waals surface area contributed by atoms with Crippen LogP contribution in [0.2, 0.25) is 10.0 Å². The number of amides is 1. The van der Waals surface area contributed by atoms with E-state index in [1.54, 1.807) is 12.1 Å². The fraction of sp³-hybridized carbons (Fsp3) is 0.222. The van der Waals surface area contributed by atoms with Crippen LogP contribution in [0, 0.1) is 0 Å². The second-order valence-corrected chi connectivity index (χ2v) is 4.52. The molecule has 1 rings (SSSR count). The summed E-state index contributed by atoms with van der Waals surface area (Å²) in [5.74, 6) is 0.216. The van der Waals surface area contributed by atoms with Gasteiger partial charge in [0.2, 0.25) is 5.91 Å². The van der Waals surface area contributed by atoms with Gasteiger partial charge < -0.3 is 11.1 Å². The minimum absolute atomic E-state index is 0.143. The lowest BCUT2D eigenvalue weighted by atomic mass is 10.3. The third-order valence-electron chi connectivity index (χ3n) is 1.60. The Hall–Kier alpha value is -0.580. The second kappa shape index (κ2) is 5.49. The molecule has 0 aromatic heterocycles. The molecule has 15 heavy (non-hydrogen) atoms. The van der Waals surface area contributed by atoms with Crippen molar-refractivity contribution in [2.24, 2.45) is 0 Å². The Morgan fingerprint density at radius 3 is 2.47 bits per heavy atom. The molecule has 0 aliphatic carbocycles. The predicted octanol–water partition coefficient (Wildman–Crippen LogP) is 2.88. The van der Waals surface area contributed by atoms with Crippen LogP contribution in [0.3, 0.4) is 0 Å². The molecule has 1 aromatic rings. The van der Waals surface area contributed by atoms with Crippen molar-refractivity contribution in [3.63, 3.8) is 0 Å². The van der Waals surface area contributed by atoms with Crippen LogP contribution in [0.1, 0.15) is 0 Å². The van der Waals surface area contributed by atoms with E-state index in [9.17, 15) is 4.79 Å². The molecule has 1 amide bonds. The highest BCUT2D eigenvalue weighted by Gasteiger charge is 2.10. The fourth-order valence-electron chi connectivity index (χ4n) is 1.02. The van der Waals surface area contributed by atoms with Gasteiger partial charge in [-0.1, -0.05) is 23.2 Å². The van der Waals surface area contributed by atoms with E-state index in [-0.39, 0.29) is 5.91 Å². The molecule has 0 unspecified atom stereocenters. The van der Waals surface area contributed by atoms with Crippen molar-refractivity contribution in [1.82, 2.24) is 0 Å². The van der Waals surface area contributed by atoms with Crippen molar-refractivity contribution in [3.8, 4) is 0 Å². The quantitative estimate of drug-likeness (QED) is 0.826. The summed E-state index contributed by atoms with van der Waals surface area (Å²) < 4.78 is 0. The minimum Gasteiger partial charge on any atom is -0.399 e. The summed E-state index contributed by atoms with van der Waals surface area (Å²) in [5, 5.41) is 3.31. The van der Waals surface area contributed by atoms with E-state index in [1.807, 2.05) is 6.26 Å². The molecular weight excluding hydrogens is 255 g/mol. The van der Waals surface area contributed by atoms with Gasteiger partial charge >= 0.3 is 0 Å². The van der Waals surface area contributed by atoms with E-state index in [0.717, 1.165) is 0 Å². The number of anilines is 2. The van der Waals surface area contributed by atoms with Crippen molar-refractivity contribution >= 4 is 52.2 Å². The van der Waals surface area contributed by atoms with Crippen LogP contribution < -0.4 is 11.1 Å². The Kier molecular flexibility index (Phi) is 4.57. The number of nitrogens with one attached hydrogen (secondary N) is 1. The zero-order valence-electron chi connectivity index (χ0n) is 8.01. The molecule has 0 radical (unpaired) electrons. The number of carbonyl (C=O) groups is 1. The summed E-state index contributed by atoms with van der Waals surface area (Å²) in [7, 11) is 0. The summed E-state index contributed by atoms with van der Waals surface area (Å²) >= 11 is 13.2. The molecule has 0 fully saturated rings. The SMILES string of the molecule is CSCC(=O)Nc1c(Cl)cc(N)cc1Cl. The first-order valence-corrected chi connectivity index (χ1v) is 6.23. The van der Waals surface area contributed by atoms with E-state index in [0.29, 0.717) is 27.2 Å². The largest absolute Gasteiger partial charge is 0.399 e. The monoisotopic (exact) mass is 264 g/mol. The lowest BCUT2D eigenvalue weighted by Gasteiger charge is -2.09. The van der Waals surface area contributed by atoms with Gasteiger partial charge in [-0.05, 0) is 18.4 Å². The molecule has 0 bridgehead atoms. The lowest BCUT2D eigenvalue weighted by Crippen LogP contribution is -2.14. The van der Waals surface area contributed by atoms with Crippen molar-refractivity contribution in [1.29, 1.82) is 0 Å². The number of benzene rings is 1. The summed E-state index contributed by atoms with van der Waals surface area (Å²) in [6.07, 6.45) is 1.84. The molecule has 0 aliphatic heterocycles. The van der Waals surface area contributed by atoms with Crippen molar-refractivity contribution in [3.05, 3.63) is 22.2 Å². The average Bonchev–Trinajstić information content (AvgIpc) is 2.11. The van der Waals surface area contributed by atoms with Crippen molar-refractivity contribution in [2.45, 2.75) is 0 Å². The molecule has 0 saturated heterocycles. The van der Waals surface area contributed by atoms with E-state index in [4.69, 9.17) is 28.9 Å². The summed E-state index contributed by atoms with van der Waals surface area (Å²) in [4.78, 5) is 11.3. The second-order valence-electron chi connectivity index (χ2n) is 2.84.